The second-order valence-electron chi connectivity index (χ2n) is 5.22. The van der Waals surface area contributed by atoms with Crippen molar-refractivity contribution < 1.29 is 14.8 Å². The van der Waals surface area contributed by atoms with Crippen molar-refractivity contribution in [3.05, 3.63) is 53.1 Å². The second-order valence-corrected chi connectivity index (χ2v) is 5.84. The van der Waals surface area contributed by atoms with Crippen LogP contribution in [0.2, 0.25) is 0 Å². The number of aryl methyl sites for hydroxylation is 2. The van der Waals surface area contributed by atoms with Crippen molar-refractivity contribution in [1.82, 2.24) is 0 Å². The molecule has 0 saturated heterocycles. The Balaban J connectivity index is 2.49. The number of rotatable bonds is 6. The summed E-state index contributed by atoms with van der Waals surface area (Å²) in [5, 5.41) is 10.4. The van der Waals surface area contributed by atoms with Gasteiger partial charge in [0.25, 0.3) is 5.69 Å². The molecule has 0 saturated carbocycles. The normalized spacial score (nSPS) is 11.4. The van der Waals surface area contributed by atoms with E-state index in [0.717, 1.165) is 34.5 Å². The Labute approximate surface area is 141 Å². The molecule has 0 bridgehead atoms. The van der Waals surface area contributed by atoms with Gasteiger partial charge in [0.1, 0.15) is 0 Å². The number of aliphatic hydroxyl groups is 1. The molecule has 2 aromatic carbocycles. The largest absolute Gasteiger partial charge is 0.489 e. The number of ether oxygens (including phenoxy) is 1. The van der Waals surface area contributed by atoms with E-state index in [1.165, 1.54) is 11.9 Å². The van der Waals surface area contributed by atoms with E-state index in [4.69, 9.17) is 4.74 Å². The van der Waals surface area contributed by atoms with Crippen molar-refractivity contribution in [1.29, 1.82) is 0 Å². The van der Waals surface area contributed by atoms with Crippen LogP contribution >= 0.6 is 11.9 Å². The number of aliphatic hydroxyl groups excluding tert-OH is 1. The predicted octanol–water partition coefficient (Wildman–Crippen LogP) is 2.97. The maximum atomic E-state index is 10.4. The molecule has 0 aromatic heterocycles. The average molecular weight is 331 g/mol. The van der Waals surface area contributed by atoms with E-state index in [2.05, 4.69) is 22.7 Å². The minimum Gasteiger partial charge on any atom is -0.489 e. The van der Waals surface area contributed by atoms with Crippen molar-refractivity contribution in [2.24, 2.45) is 0 Å². The first-order chi connectivity index (χ1) is 11.1. The van der Waals surface area contributed by atoms with Crippen LogP contribution in [0.5, 0.6) is 5.75 Å². The van der Waals surface area contributed by atoms with Crippen molar-refractivity contribution in [3.63, 3.8) is 0 Å². The Morgan fingerprint density at radius 2 is 1.96 bits per heavy atom. The summed E-state index contributed by atoms with van der Waals surface area (Å²) >= 11 is 1.50. The number of anilines is 1. The number of nitrogens with one attached hydrogen (secondary N) is 2. The van der Waals surface area contributed by atoms with Crippen molar-refractivity contribution in [2.45, 2.75) is 20.3 Å². The molecule has 122 valence electrons. The Kier molecular flexibility index (Phi) is 5.93. The van der Waals surface area contributed by atoms with Gasteiger partial charge >= 0.3 is 5.90 Å². The molecular formula is C18H23N2O2S+. The van der Waals surface area contributed by atoms with Crippen LogP contribution in [0.4, 0.5) is 11.4 Å². The summed E-state index contributed by atoms with van der Waals surface area (Å²) in [7, 11) is 1.63. The molecule has 0 unspecified atom stereocenters. The topological polar surface area (TPSA) is 55.5 Å². The summed E-state index contributed by atoms with van der Waals surface area (Å²) in [5.74, 6) is 0.780. The maximum absolute atomic E-state index is 10.4. The second kappa shape index (κ2) is 7.92. The summed E-state index contributed by atoms with van der Waals surface area (Å²) in [6.07, 6.45) is 2.86. The van der Waals surface area contributed by atoms with Crippen molar-refractivity contribution >= 4 is 29.2 Å². The van der Waals surface area contributed by atoms with Gasteiger partial charge in [-0.1, -0.05) is 36.6 Å². The van der Waals surface area contributed by atoms with Crippen LogP contribution < -0.4 is 14.5 Å². The maximum Gasteiger partial charge on any atom is 0.371 e. The zero-order chi connectivity index (χ0) is 16.8. The van der Waals surface area contributed by atoms with E-state index in [-0.39, 0.29) is 5.90 Å². The molecule has 23 heavy (non-hydrogen) atoms. The lowest BCUT2D eigenvalue weighted by atomic mass is 10.1. The third-order valence-corrected chi connectivity index (χ3v) is 3.98. The lowest BCUT2D eigenvalue weighted by molar-refractivity contribution is -0.365. The zero-order valence-corrected chi connectivity index (χ0v) is 14.8. The summed E-state index contributed by atoms with van der Waals surface area (Å²) in [5.41, 5.74) is 4.67. The Hall–Kier alpha value is -2.14. The number of benzene rings is 2. The number of hydrogen-bond acceptors (Lipinski definition) is 3. The van der Waals surface area contributed by atoms with Crippen LogP contribution in [-0.4, -0.2) is 24.4 Å². The highest BCUT2D eigenvalue weighted by Crippen LogP contribution is 2.33. The van der Waals surface area contributed by atoms with E-state index < -0.39 is 0 Å². The first-order valence-electron chi connectivity index (χ1n) is 7.49. The van der Waals surface area contributed by atoms with Crippen LogP contribution in [-0.2, 0) is 6.42 Å². The van der Waals surface area contributed by atoms with Crippen LogP contribution in [0.3, 0.4) is 0 Å². The molecule has 0 fully saturated rings. The fourth-order valence-electron chi connectivity index (χ4n) is 2.30. The molecule has 0 radical (unpaired) electrons. The molecule has 0 aliphatic heterocycles. The Morgan fingerprint density at radius 1 is 1.26 bits per heavy atom. The number of hydrogen-bond donors (Lipinski definition) is 3. The van der Waals surface area contributed by atoms with Gasteiger partial charge in [-0.3, -0.25) is 0 Å². The van der Waals surface area contributed by atoms with Gasteiger partial charge < -0.3 is 14.6 Å². The zero-order valence-electron chi connectivity index (χ0n) is 13.9. The Morgan fingerprint density at radius 3 is 2.52 bits per heavy atom. The van der Waals surface area contributed by atoms with E-state index in [0.29, 0.717) is 5.75 Å². The van der Waals surface area contributed by atoms with Crippen LogP contribution in [0.25, 0.3) is 0 Å². The highest BCUT2D eigenvalue weighted by Gasteiger charge is 2.18. The van der Waals surface area contributed by atoms with Gasteiger partial charge in [-0.2, -0.15) is 4.99 Å². The third-order valence-electron chi connectivity index (χ3n) is 3.55. The molecule has 5 heteroatoms. The lowest BCUT2D eigenvalue weighted by Crippen LogP contribution is -2.67. The standard InChI is InChI=1S/C18H22N2O2S/c1-5-13-10-15(17(22-3)16(11-13)20-23-4)19-18(21)14-8-6-12(2)7-9-14/h6-11,20H,5H2,1-4H3,(H,19,21)/p+1. The van der Waals surface area contributed by atoms with Gasteiger partial charge in [0.05, 0.1) is 18.4 Å². The monoisotopic (exact) mass is 331 g/mol. The van der Waals surface area contributed by atoms with E-state index in [1.54, 1.807) is 7.11 Å². The minimum absolute atomic E-state index is 0.103. The molecule has 4 nitrogen and oxygen atoms in total. The SMILES string of the molecule is CCc1cc(NSC)c(OC)c([NH+]=C(O)c2ccc(C)cc2)c1. The van der Waals surface area contributed by atoms with Crippen LogP contribution in [0, 0.1) is 6.92 Å². The van der Waals surface area contributed by atoms with Crippen LogP contribution in [0.15, 0.2) is 36.4 Å². The molecule has 0 amide bonds. The summed E-state index contributed by atoms with van der Waals surface area (Å²) < 4.78 is 8.75. The molecule has 2 aromatic rings. The molecule has 0 aliphatic rings. The van der Waals surface area contributed by atoms with E-state index in [9.17, 15) is 5.11 Å². The summed E-state index contributed by atoms with van der Waals surface area (Å²) in [6, 6.07) is 11.8. The van der Waals surface area contributed by atoms with Gasteiger partial charge in [-0.25, -0.2) is 0 Å². The molecule has 2 rings (SSSR count). The molecule has 0 heterocycles. The van der Waals surface area contributed by atoms with Crippen LogP contribution in [0.1, 0.15) is 23.6 Å². The van der Waals surface area contributed by atoms with Crippen molar-refractivity contribution in [2.75, 3.05) is 18.1 Å². The Bertz CT molecular complexity index is 697. The highest BCUT2D eigenvalue weighted by atomic mass is 32.2. The van der Waals surface area contributed by atoms with Gasteiger partial charge in [-0.15, -0.1) is 0 Å². The summed E-state index contributed by atoms with van der Waals surface area (Å²) in [4.78, 5) is 3.07. The minimum atomic E-state index is 0.103. The first-order valence-corrected chi connectivity index (χ1v) is 8.71. The van der Waals surface area contributed by atoms with Gasteiger partial charge in [-0.05, 0) is 37.1 Å². The molecule has 0 spiro atoms. The van der Waals surface area contributed by atoms with Gasteiger partial charge in [0, 0.05) is 12.3 Å². The highest BCUT2D eigenvalue weighted by molar-refractivity contribution is 7.99. The first kappa shape index (κ1) is 17.2. The average Bonchev–Trinajstić information content (AvgIpc) is 2.55. The quantitative estimate of drug-likeness (QED) is 0.433. The molecular weight excluding hydrogens is 308 g/mol. The van der Waals surface area contributed by atoms with Gasteiger partial charge in [0.15, 0.2) is 0 Å². The van der Waals surface area contributed by atoms with Crippen molar-refractivity contribution in [3.8, 4) is 5.75 Å². The fourth-order valence-corrected chi connectivity index (χ4v) is 2.67. The molecule has 0 atom stereocenters. The number of methoxy groups -OCH3 is 1. The smallest absolute Gasteiger partial charge is 0.371 e. The lowest BCUT2D eigenvalue weighted by Gasteiger charge is -2.11. The van der Waals surface area contributed by atoms with E-state index >= 15 is 0 Å². The molecule has 0 aliphatic carbocycles. The molecule has 3 N–H and O–H groups in total. The fraction of sp³-hybridized carbons (Fsp3) is 0.278. The van der Waals surface area contributed by atoms with E-state index in [1.807, 2.05) is 43.5 Å². The summed E-state index contributed by atoms with van der Waals surface area (Å²) in [6.45, 7) is 4.11. The van der Waals surface area contributed by atoms with Gasteiger partial charge in [0.2, 0.25) is 5.75 Å². The third kappa shape index (κ3) is 4.20. The predicted molar refractivity (Wildman–Crippen MR) is 98.0 cm³/mol.